The smallest absolute Gasteiger partial charge is 0.0882 e. The first-order valence-corrected chi connectivity index (χ1v) is 10.1. The summed E-state index contributed by atoms with van der Waals surface area (Å²) in [6.45, 7) is 6.71. The molecule has 11 unspecified atom stereocenters. The molecule has 11 atom stereocenters. The van der Waals surface area contributed by atoms with Crippen molar-refractivity contribution < 1.29 is 25.2 Å². The summed E-state index contributed by atoms with van der Waals surface area (Å²) >= 11 is 0. The summed E-state index contributed by atoms with van der Waals surface area (Å²) in [5.41, 5.74) is -1.65. The van der Waals surface area contributed by atoms with Crippen molar-refractivity contribution in [3.05, 3.63) is 0 Å². The van der Waals surface area contributed by atoms with E-state index in [-0.39, 0.29) is 35.7 Å². The summed E-state index contributed by atoms with van der Waals surface area (Å²) < 4.78 is 5.65. The first-order valence-electron chi connectivity index (χ1n) is 10.1. The fourth-order valence-electron chi connectivity index (χ4n) is 6.81. The molecule has 2 bridgehead atoms. The van der Waals surface area contributed by atoms with E-state index in [9.17, 15) is 20.4 Å². The zero-order valence-corrected chi connectivity index (χ0v) is 15.6. The van der Waals surface area contributed by atoms with Crippen LogP contribution in [-0.4, -0.2) is 57.0 Å². The SMILES string of the molecule is CC1CCCC2(O)CC3C4COC4CC(O)C3(C)C(O)C(O)C1C2C. The number of hydrogen-bond acceptors (Lipinski definition) is 5. The lowest BCUT2D eigenvalue weighted by molar-refractivity contribution is -0.280. The summed E-state index contributed by atoms with van der Waals surface area (Å²) in [6, 6.07) is 0. The Morgan fingerprint density at radius 3 is 2.48 bits per heavy atom. The molecule has 0 aromatic heterocycles. The molecule has 25 heavy (non-hydrogen) atoms. The van der Waals surface area contributed by atoms with E-state index in [0.717, 1.165) is 19.3 Å². The average molecular weight is 354 g/mol. The molecule has 0 radical (unpaired) electrons. The lowest BCUT2D eigenvalue weighted by Gasteiger charge is -2.62. The highest BCUT2D eigenvalue weighted by Gasteiger charge is 2.64. The number of hydrogen-bond donors (Lipinski definition) is 4. The van der Waals surface area contributed by atoms with E-state index in [1.165, 1.54) is 0 Å². The third-order valence-electron chi connectivity index (χ3n) is 8.75. The maximum atomic E-state index is 11.6. The van der Waals surface area contributed by atoms with Gasteiger partial charge in [0.05, 0.1) is 36.6 Å². The Kier molecular flexibility index (Phi) is 4.29. The third-order valence-corrected chi connectivity index (χ3v) is 8.75. The van der Waals surface area contributed by atoms with Gasteiger partial charge in [-0.25, -0.2) is 0 Å². The monoisotopic (exact) mass is 354 g/mol. The Bertz CT molecular complexity index is 526. The normalized spacial score (nSPS) is 61.8. The molecule has 4 aliphatic rings. The van der Waals surface area contributed by atoms with Crippen molar-refractivity contribution in [3.8, 4) is 0 Å². The number of rotatable bonds is 0. The van der Waals surface area contributed by atoms with Crippen molar-refractivity contribution in [3.63, 3.8) is 0 Å². The second-order valence-corrected chi connectivity index (χ2v) is 9.74. The van der Waals surface area contributed by atoms with Crippen LogP contribution in [0.15, 0.2) is 0 Å². The van der Waals surface area contributed by atoms with E-state index >= 15 is 0 Å². The minimum Gasteiger partial charge on any atom is -0.392 e. The Balaban J connectivity index is 1.81. The molecule has 3 aliphatic carbocycles. The topological polar surface area (TPSA) is 90.2 Å². The van der Waals surface area contributed by atoms with Gasteiger partial charge in [-0.2, -0.15) is 0 Å². The summed E-state index contributed by atoms with van der Waals surface area (Å²) in [6.07, 6.45) is 1.13. The Morgan fingerprint density at radius 1 is 1.12 bits per heavy atom. The summed E-state index contributed by atoms with van der Waals surface area (Å²) in [7, 11) is 0. The van der Waals surface area contributed by atoms with Crippen LogP contribution < -0.4 is 0 Å². The van der Waals surface area contributed by atoms with Gasteiger partial charge in [0.1, 0.15) is 0 Å². The van der Waals surface area contributed by atoms with Crippen LogP contribution in [0.25, 0.3) is 0 Å². The van der Waals surface area contributed by atoms with Crippen LogP contribution in [0.5, 0.6) is 0 Å². The minimum absolute atomic E-state index is 0.0243. The van der Waals surface area contributed by atoms with Crippen LogP contribution in [0.3, 0.4) is 0 Å². The van der Waals surface area contributed by atoms with Gasteiger partial charge in [0.2, 0.25) is 0 Å². The zero-order chi connectivity index (χ0) is 18.1. The molecule has 0 aromatic rings. The van der Waals surface area contributed by atoms with E-state index in [4.69, 9.17) is 4.74 Å². The van der Waals surface area contributed by atoms with Gasteiger partial charge in [-0.15, -0.1) is 0 Å². The summed E-state index contributed by atoms with van der Waals surface area (Å²) in [5, 5.41) is 44.9. The largest absolute Gasteiger partial charge is 0.392 e. The van der Waals surface area contributed by atoms with Crippen molar-refractivity contribution >= 4 is 0 Å². The van der Waals surface area contributed by atoms with Gasteiger partial charge in [-0.3, -0.25) is 0 Å². The van der Waals surface area contributed by atoms with Crippen LogP contribution in [0.1, 0.15) is 52.9 Å². The van der Waals surface area contributed by atoms with E-state index < -0.39 is 29.3 Å². The van der Waals surface area contributed by atoms with Gasteiger partial charge >= 0.3 is 0 Å². The Morgan fingerprint density at radius 2 is 1.84 bits per heavy atom. The molecule has 4 N–H and O–H groups in total. The lowest BCUT2D eigenvalue weighted by Crippen LogP contribution is -2.68. The van der Waals surface area contributed by atoms with E-state index in [0.29, 0.717) is 19.4 Å². The van der Waals surface area contributed by atoms with E-state index in [1.807, 2.05) is 13.8 Å². The molecule has 5 heteroatoms. The zero-order valence-electron chi connectivity index (χ0n) is 15.6. The quantitative estimate of drug-likeness (QED) is 0.527. The van der Waals surface area contributed by atoms with Gasteiger partial charge < -0.3 is 25.2 Å². The van der Waals surface area contributed by atoms with Crippen LogP contribution in [0, 0.1) is 35.0 Å². The van der Waals surface area contributed by atoms with Gasteiger partial charge in [0.15, 0.2) is 0 Å². The molecule has 5 nitrogen and oxygen atoms in total. The highest BCUT2D eigenvalue weighted by Crippen LogP contribution is 2.59. The molecule has 4 fully saturated rings. The standard InChI is InChI=1S/C20H34O5/c1-10-5-4-6-20(24)8-13-12-9-25-14(12)7-15(21)19(13,3)18(23)17(22)16(10)11(20)2/h10-18,21-24H,4-9H2,1-3H3. The third kappa shape index (κ3) is 2.39. The van der Waals surface area contributed by atoms with Crippen molar-refractivity contribution in [2.24, 2.45) is 35.0 Å². The minimum atomic E-state index is -0.980. The highest BCUT2D eigenvalue weighted by atomic mass is 16.5. The van der Waals surface area contributed by atoms with Crippen LogP contribution in [0.4, 0.5) is 0 Å². The second kappa shape index (κ2) is 5.90. The molecule has 1 aliphatic heterocycles. The van der Waals surface area contributed by atoms with Crippen molar-refractivity contribution in [2.75, 3.05) is 6.61 Å². The lowest BCUT2D eigenvalue weighted by atomic mass is 9.49. The molecule has 1 heterocycles. The summed E-state index contributed by atoms with van der Waals surface area (Å²) in [4.78, 5) is 0. The Hall–Kier alpha value is -0.200. The molecule has 3 saturated carbocycles. The second-order valence-electron chi connectivity index (χ2n) is 9.74. The first-order chi connectivity index (χ1) is 11.7. The highest BCUT2D eigenvalue weighted by molar-refractivity contribution is 5.13. The number of fused-ring (bicyclic) bond motifs is 5. The van der Waals surface area contributed by atoms with Crippen LogP contribution in [0.2, 0.25) is 0 Å². The maximum Gasteiger partial charge on any atom is 0.0882 e. The van der Waals surface area contributed by atoms with Gasteiger partial charge in [-0.05, 0) is 36.5 Å². The van der Waals surface area contributed by atoms with Crippen molar-refractivity contribution in [1.29, 1.82) is 0 Å². The number of aliphatic hydroxyl groups excluding tert-OH is 3. The van der Waals surface area contributed by atoms with Gasteiger partial charge in [-0.1, -0.05) is 33.6 Å². The average Bonchev–Trinajstić information content (AvgIpc) is 2.64. The molecular formula is C20H34O5. The molecular weight excluding hydrogens is 320 g/mol. The molecule has 0 amide bonds. The molecule has 144 valence electrons. The van der Waals surface area contributed by atoms with Crippen molar-refractivity contribution in [1.82, 2.24) is 0 Å². The first kappa shape index (κ1) is 18.2. The maximum absolute atomic E-state index is 11.6. The molecule has 1 saturated heterocycles. The van der Waals surface area contributed by atoms with Crippen molar-refractivity contribution in [2.45, 2.75) is 82.9 Å². The molecule has 4 rings (SSSR count). The van der Waals surface area contributed by atoms with E-state index in [1.54, 1.807) is 0 Å². The van der Waals surface area contributed by atoms with Crippen LogP contribution in [-0.2, 0) is 4.74 Å². The Labute approximate surface area is 150 Å². The predicted octanol–water partition coefficient (Wildman–Crippen LogP) is 1.32. The summed E-state index contributed by atoms with van der Waals surface area (Å²) in [5.74, 6) is 0.236. The number of ether oxygens (including phenoxy) is 1. The number of aliphatic hydroxyl groups is 4. The molecule has 0 spiro atoms. The fourth-order valence-corrected chi connectivity index (χ4v) is 6.81. The van der Waals surface area contributed by atoms with Gasteiger partial charge in [0, 0.05) is 17.8 Å². The van der Waals surface area contributed by atoms with Gasteiger partial charge in [0.25, 0.3) is 0 Å². The van der Waals surface area contributed by atoms with Crippen LogP contribution >= 0.6 is 0 Å². The van der Waals surface area contributed by atoms with E-state index in [2.05, 4.69) is 6.92 Å². The predicted molar refractivity (Wildman–Crippen MR) is 92.7 cm³/mol. The molecule has 0 aromatic carbocycles. The fraction of sp³-hybridized carbons (Fsp3) is 1.00.